The van der Waals surface area contributed by atoms with E-state index in [9.17, 15) is 28.2 Å². The molecule has 27 heavy (non-hydrogen) atoms. The van der Waals surface area contributed by atoms with Gasteiger partial charge in [0.15, 0.2) is 0 Å². The molecule has 0 amide bonds. The van der Waals surface area contributed by atoms with Crippen molar-refractivity contribution in [3.8, 4) is 11.5 Å². The number of rotatable bonds is 2. The van der Waals surface area contributed by atoms with Crippen LogP contribution in [0, 0.1) is 0 Å². The van der Waals surface area contributed by atoms with E-state index < -0.39 is 29.1 Å². The average molecular weight is 418 g/mol. The fourth-order valence-corrected chi connectivity index (χ4v) is 6.39. The fourth-order valence-electron chi connectivity index (χ4n) is 2.71. The Kier molecular flexibility index (Phi) is 4.02. The first-order valence-corrected chi connectivity index (χ1v) is 10.7. The Morgan fingerprint density at radius 1 is 0.704 bits per heavy atom. The number of aromatic hydroxyl groups is 2. The molecule has 0 atom stereocenters. The molecule has 2 aromatic carbocycles. The van der Waals surface area contributed by atoms with Gasteiger partial charge in [0.25, 0.3) is 9.48 Å². The van der Waals surface area contributed by atoms with Gasteiger partial charge in [0.1, 0.15) is 21.3 Å². The molecule has 4 rings (SSSR count). The minimum absolute atomic E-state index is 0.119. The van der Waals surface area contributed by atoms with Crippen LogP contribution >= 0.6 is 22.7 Å². The van der Waals surface area contributed by atoms with Gasteiger partial charge in [0.05, 0.1) is 9.40 Å². The third-order valence-electron chi connectivity index (χ3n) is 3.99. The van der Waals surface area contributed by atoms with E-state index in [1.165, 1.54) is 36.4 Å². The Morgan fingerprint density at radius 3 is 1.52 bits per heavy atom. The third kappa shape index (κ3) is 2.80. The number of hydrogen-bond donors (Lipinski definition) is 2. The highest BCUT2D eigenvalue weighted by Gasteiger charge is 2.26. The number of fused-ring (bicyclic) bond motifs is 2. The lowest BCUT2D eigenvalue weighted by Gasteiger charge is -2.06. The molecule has 0 aliphatic heterocycles. The van der Waals surface area contributed by atoms with E-state index in [1.807, 2.05) is 0 Å². The van der Waals surface area contributed by atoms with Crippen LogP contribution in [0.25, 0.3) is 20.2 Å². The highest BCUT2D eigenvalue weighted by molar-refractivity contribution is 7.91. The van der Waals surface area contributed by atoms with Gasteiger partial charge in [-0.05, 0) is 35.0 Å². The summed E-state index contributed by atoms with van der Waals surface area (Å²) in [5, 5.41) is 20.5. The van der Waals surface area contributed by atoms with E-state index in [0.717, 1.165) is 0 Å². The SMILES string of the molecule is O=c1sc2c(O)cccc2cc1S(=O)(=O)c1cc2cccc(O)c2sc1=O. The smallest absolute Gasteiger partial charge is 0.252 e. The zero-order chi connectivity index (χ0) is 19.3. The van der Waals surface area contributed by atoms with Crippen LogP contribution in [-0.2, 0) is 9.84 Å². The molecule has 0 radical (unpaired) electrons. The first-order chi connectivity index (χ1) is 12.8. The second kappa shape index (κ2) is 6.15. The molecule has 0 bridgehead atoms. The molecule has 2 heterocycles. The van der Waals surface area contributed by atoms with Gasteiger partial charge in [-0.3, -0.25) is 9.59 Å². The van der Waals surface area contributed by atoms with Gasteiger partial charge in [-0.1, -0.05) is 46.9 Å². The van der Waals surface area contributed by atoms with E-state index in [0.29, 0.717) is 33.4 Å². The van der Waals surface area contributed by atoms with Crippen LogP contribution in [0.4, 0.5) is 0 Å². The van der Waals surface area contributed by atoms with Crippen molar-refractivity contribution in [1.82, 2.24) is 0 Å². The molecule has 4 aromatic rings. The summed E-state index contributed by atoms with van der Waals surface area (Å²) in [5.41, 5.74) is 0. The Balaban J connectivity index is 2.02. The van der Waals surface area contributed by atoms with Crippen LogP contribution in [-0.4, -0.2) is 18.6 Å². The van der Waals surface area contributed by atoms with E-state index in [1.54, 1.807) is 12.1 Å². The molecular weight excluding hydrogens is 408 g/mol. The maximum atomic E-state index is 13.0. The molecule has 0 saturated carbocycles. The van der Waals surface area contributed by atoms with Crippen molar-refractivity contribution >= 4 is 52.7 Å². The van der Waals surface area contributed by atoms with Gasteiger partial charge in [-0.25, -0.2) is 8.42 Å². The summed E-state index contributed by atoms with van der Waals surface area (Å²) in [4.78, 5) is 23.8. The number of benzene rings is 2. The van der Waals surface area contributed by atoms with Gasteiger partial charge in [0, 0.05) is 0 Å². The van der Waals surface area contributed by atoms with Crippen LogP contribution in [0.15, 0.2) is 67.9 Å². The molecule has 0 aliphatic carbocycles. The van der Waals surface area contributed by atoms with E-state index in [-0.39, 0.29) is 20.9 Å². The first kappa shape index (κ1) is 17.7. The van der Waals surface area contributed by atoms with Crippen LogP contribution in [0.3, 0.4) is 0 Å². The summed E-state index contributed by atoms with van der Waals surface area (Å²) in [7, 11) is -4.38. The molecule has 2 N–H and O–H groups in total. The number of hydrogen-bond acceptors (Lipinski definition) is 8. The highest BCUT2D eigenvalue weighted by Crippen LogP contribution is 2.31. The van der Waals surface area contributed by atoms with Gasteiger partial charge in [-0.15, -0.1) is 0 Å². The van der Waals surface area contributed by atoms with Crippen molar-refractivity contribution in [3.63, 3.8) is 0 Å². The molecule has 136 valence electrons. The normalized spacial score (nSPS) is 11.9. The van der Waals surface area contributed by atoms with Gasteiger partial charge in [-0.2, -0.15) is 0 Å². The number of phenolic OH excluding ortho intramolecular Hbond substituents is 2. The van der Waals surface area contributed by atoms with E-state index in [4.69, 9.17) is 0 Å². The molecule has 0 spiro atoms. The zero-order valence-electron chi connectivity index (χ0n) is 13.4. The maximum absolute atomic E-state index is 13.0. The maximum Gasteiger partial charge on any atom is 0.252 e. The predicted octanol–water partition coefficient (Wildman–Crippen LogP) is 3.08. The average Bonchev–Trinajstić information content (AvgIpc) is 2.62. The Bertz CT molecular complexity index is 1340. The molecular formula is C18H10O6S3. The largest absolute Gasteiger partial charge is 0.506 e. The summed E-state index contributed by atoms with van der Waals surface area (Å²) in [6.45, 7) is 0. The van der Waals surface area contributed by atoms with E-state index >= 15 is 0 Å². The minimum Gasteiger partial charge on any atom is -0.506 e. The topological polar surface area (TPSA) is 109 Å². The van der Waals surface area contributed by atoms with Crippen molar-refractivity contribution in [2.45, 2.75) is 9.79 Å². The summed E-state index contributed by atoms with van der Waals surface area (Å²) >= 11 is 1.21. The monoisotopic (exact) mass is 418 g/mol. The molecule has 0 unspecified atom stereocenters. The molecule has 9 heteroatoms. The van der Waals surface area contributed by atoms with Gasteiger partial charge >= 0.3 is 0 Å². The van der Waals surface area contributed by atoms with Crippen LogP contribution in [0.2, 0.25) is 0 Å². The van der Waals surface area contributed by atoms with Crippen molar-refractivity contribution in [2.24, 2.45) is 0 Å². The van der Waals surface area contributed by atoms with Crippen molar-refractivity contribution in [2.75, 3.05) is 0 Å². The predicted molar refractivity (Wildman–Crippen MR) is 105 cm³/mol. The molecule has 0 aliphatic rings. The van der Waals surface area contributed by atoms with Crippen LogP contribution < -0.4 is 9.48 Å². The molecule has 6 nitrogen and oxygen atoms in total. The Hall–Kier alpha value is -2.75. The lowest BCUT2D eigenvalue weighted by Crippen LogP contribution is -2.18. The second-order valence-electron chi connectivity index (χ2n) is 5.69. The highest BCUT2D eigenvalue weighted by atomic mass is 32.2. The van der Waals surface area contributed by atoms with Crippen LogP contribution in [0.5, 0.6) is 11.5 Å². The fraction of sp³-hybridized carbons (Fsp3) is 0. The molecule has 0 saturated heterocycles. The summed E-state index contributed by atoms with van der Waals surface area (Å²) in [6.07, 6.45) is 0. The third-order valence-corrected chi connectivity index (χ3v) is 8.13. The minimum atomic E-state index is -4.38. The molecule has 2 aromatic heterocycles. The van der Waals surface area contributed by atoms with E-state index in [2.05, 4.69) is 0 Å². The summed E-state index contributed by atoms with van der Waals surface area (Å²) < 4.78 is 25.0. The van der Waals surface area contributed by atoms with Gasteiger partial charge < -0.3 is 10.2 Å². The second-order valence-corrected chi connectivity index (χ2v) is 9.54. The lowest BCUT2D eigenvalue weighted by atomic mass is 10.2. The Labute approximate surface area is 160 Å². The quantitative estimate of drug-likeness (QED) is 0.518. The standard InChI is InChI=1S/C18H10O6S3/c19-11-5-1-3-9-7-13(17(21)25-15(9)11)27(23,24)14-8-10-4-2-6-12(20)16(10)26-18(14)22/h1-8,19-20H. The summed E-state index contributed by atoms with van der Waals surface area (Å²) in [6, 6.07) is 11.3. The van der Waals surface area contributed by atoms with Crippen molar-refractivity contribution < 1.29 is 18.6 Å². The van der Waals surface area contributed by atoms with Crippen molar-refractivity contribution in [3.05, 3.63) is 67.6 Å². The Morgan fingerprint density at radius 2 is 1.11 bits per heavy atom. The van der Waals surface area contributed by atoms with Crippen molar-refractivity contribution in [1.29, 1.82) is 0 Å². The zero-order valence-corrected chi connectivity index (χ0v) is 15.8. The lowest BCUT2D eigenvalue weighted by molar-refractivity contribution is 0.482. The molecule has 0 fully saturated rings. The summed E-state index contributed by atoms with van der Waals surface area (Å²) in [5.74, 6) is -0.238. The number of sulfone groups is 1. The first-order valence-electron chi connectivity index (χ1n) is 7.56. The van der Waals surface area contributed by atoms with Gasteiger partial charge in [0.2, 0.25) is 9.84 Å². The number of phenols is 2. The van der Waals surface area contributed by atoms with Crippen LogP contribution in [0.1, 0.15) is 0 Å².